The maximum Gasteiger partial charge on any atom is 0.285 e. The Kier molecular flexibility index (Phi) is 6.79. The van der Waals surface area contributed by atoms with E-state index in [0.29, 0.717) is 5.75 Å². The van der Waals surface area contributed by atoms with Crippen LogP contribution in [0.3, 0.4) is 0 Å². The van der Waals surface area contributed by atoms with E-state index in [0.717, 1.165) is 16.7 Å². The highest BCUT2D eigenvalue weighted by Crippen LogP contribution is 2.22. The highest BCUT2D eigenvalue weighted by molar-refractivity contribution is 6.39. The number of carbonyl (C=O) groups excluding carboxylic acids is 3. The molecule has 2 aromatic carbocycles. The molecule has 0 unspecified atom stereocenters. The van der Waals surface area contributed by atoms with E-state index in [1.807, 2.05) is 62.4 Å². The minimum absolute atomic E-state index is 0.151. The number of rotatable bonds is 6. The van der Waals surface area contributed by atoms with Crippen molar-refractivity contribution in [2.45, 2.75) is 33.2 Å². The molecule has 0 aromatic heterocycles. The van der Waals surface area contributed by atoms with E-state index < -0.39 is 11.8 Å². The van der Waals surface area contributed by atoms with Crippen molar-refractivity contribution in [1.29, 1.82) is 0 Å². The third-order valence-corrected chi connectivity index (χ3v) is 4.61. The number of nitrogens with zero attached hydrogens (tertiary/aromatic N) is 2. The molecule has 8 nitrogen and oxygen atoms in total. The highest BCUT2D eigenvalue weighted by Gasteiger charge is 2.24. The van der Waals surface area contributed by atoms with Crippen LogP contribution in [-0.4, -0.2) is 35.0 Å². The van der Waals surface area contributed by atoms with Gasteiger partial charge in [-0.1, -0.05) is 48.5 Å². The molecule has 2 N–H and O–H groups in total. The summed E-state index contributed by atoms with van der Waals surface area (Å²) < 4.78 is 5.56. The van der Waals surface area contributed by atoms with Crippen molar-refractivity contribution in [3.63, 3.8) is 0 Å². The standard InChI is InChI=1S/C22H24N4O4/c1-15-7-6-8-16(2)21(15)30-14-19(27)23-24-22(29)18-11-12-20(28)26(25-18)13-17-9-4-3-5-10-17/h3-10H,11-14H2,1-2H3,(H,23,27)(H,24,29). The Hall–Kier alpha value is -3.68. The van der Waals surface area contributed by atoms with E-state index in [9.17, 15) is 14.4 Å². The number of aryl methyl sites for hydroxylation is 2. The number of hydrogen-bond donors (Lipinski definition) is 2. The van der Waals surface area contributed by atoms with E-state index in [2.05, 4.69) is 16.0 Å². The van der Waals surface area contributed by atoms with Gasteiger partial charge in [-0.25, -0.2) is 5.01 Å². The van der Waals surface area contributed by atoms with Crippen LogP contribution in [0, 0.1) is 13.8 Å². The number of benzene rings is 2. The van der Waals surface area contributed by atoms with Crippen molar-refractivity contribution in [2.75, 3.05) is 6.61 Å². The summed E-state index contributed by atoms with van der Waals surface area (Å²) in [7, 11) is 0. The van der Waals surface area contributed by atoms with E-state index in [4.69, 9.17) is 4.74 Å². The van der Waals surface area contributed by atoms with E-state index in [-0.39, 0.29) is 37.6 Å². The lowest BCUT2D eigenvalue weighted by atomic mass is 10.1. The predicted octanol–water partition coefficient (Wildman–Crippen LogP) is 2.01. The summed E-state index contributed by atoms with van der Waals surface area (Å²) in [5.74, 6) is -0.562. The van der Waals surface area contributed by atoms with Crippen molar-refractivity contribution in [3.05, 3.63) is 65.2 Å². The monoisotopic (exact) mass is 408 g/mol. The van der Waals surface area contributed by atoms with Crippen LogP contribution in [0.1, 0.15) is 29.5 Å². The summed E-state index contributed by atoms with van der Waals surface area (Å²) in [5, 5.41) is 5.44. The number of carbonyl (C=O) groups is 3. The van der Waals surface area contributed by atoms with Gasteiger partial charge in [0.15, 0.2) is 6.61 Å². The van der Waals surface area contributed by atoms with Crippen LogP contribution in [0.4, 0.5) is 0 Å². The number of nitrogens with one attached hydrogen (secondary N) is 2. The molecule has 3 amide bonds. The molecule has 0 atom stereocenters. The fourth-order valence-corrected chi connectivity index (χ4v) is 3.04. The zero-order chi connectivity index (χ0) is 21.5. The largest absolute Gasteiger partial charge is 0.483 e. The van der Waals surface area contributed by atoms with Crippen LogP contribution in [-0.2, 0) is 20.9 Å². The number of hydrazone groups is 1. The van der Waals surface area contributed by atoms with Gasteiger partial charge in [-0.15, -0.1) is 0 Å². The average Bonchev–Trinajstić information content (AvgIpc) is 2.74. The number of hydrogen-bond acceptors (Lipinski definition) is 5. The molecular formula is C22H24N4O4. The molecule has 0 spiro atoms. The maximum absolute atomic E-state index is 12.4. The van der Waals surface area contributed by atoms with Gasteiger partial charge in [0.1, 0.15) is 11.5 Å². The van der Waals surface area contributed by atoms with Crippen LogP contribution in [0.2, 0.25) is 0 Å². The van der Waals surface area contributed by atoms with Crippen LogP contribution in [0.15, 0.2) is 53.6 Å². The molecular weight excluding hydrogens is 384 g/mol. The van der Waals surface area contributed by atoms with Crippen molar-refractivity contribution in [2.24, 2.45) is 5.10 Å². The second-order valence-electron chi connectivity index (χ2n) is 7.00. The smallest absolute Gasteiger partial charge is 0.285 e. The minimum atomic E-state index is -0.555. The zero-order valence-electron chi connectivity index (χ0n) is 17.0. The summed E-state index contributed by atoms with van der Waals surface area (Å²) in [6.07, 6.45) is 0.396. The lowest BCUT2D eigenvalue weighted by Gasteiger charge is -2.23. The number of hydrazine groups is 1. The van der Waals surface area contributed by atoms with Gasteiger partial charge in [0, 0.05) is 12.8 Å². The van der Waals surface area contributed by atoms with Crippen molar-refractivity contribution < 1.29 is 19.1 Å². The molecule has 0 radical (unpaired) electrons. The molecule has 8 heteroatoms. The van der Waals surface area contributed by atoms with E-state index in [1.54, 1.807) is 0 Å². The zero-order valence-corrected chi connectivity index (χ0v) is 17.0. The van der Waals surface area contributed by atoms with Crippen LogP contribution in [0.25, 0.3) is 0 Å². The second-order valence-corrected chi connectivity index (χ2v) is 7.00. The molecule has 0 saturated carbocycles. The normalized spacial score (nSPS) is 13.5. The Balaban J connectivity index is 1.52. The third-order valence-electron chi connectivity index (χ3n) is 4.61. The van der Waals surface area contributed by atoms with Gasteiger partial charge in [-0.3, -0.25) is 25.2 Å². The second kappa shape index (κ2) is 9.69. The number of para-hydroxylation sites is 1. The van der Waals surface area contributed by atoms with Gasteiger partial charge in [0.25, 0.3) is 11.8 Å². The van der Waals surface area contributed by atoms with Crippen LogP contribution >= 0.6 is 0 Å². The molecule has 0 aliphatic carbocycles. The molecule has 1 heterocycles. The summed E-state index contributed by atoms with van der Waals surface area (Å²) in [4.78, 5) is 36.5. The molecule has 30 heavy (non-hydrogen) atoms. The van der Waals surface area contributed by atoms with Gasteiger partial charge in [-0.05, 0) is 30.5 Å². The highest BCUT2D eigenvalue weighted by atomic mass is 16.5. The van der Waals surface area contributed by atoms with Gasteiger partial charge < -0.3 is 4.74 Å². The van der Waals surface area contributed by atoms with E-state index in [1.165, 1.54) is 5.01 Å². The summed E-state index contributed by atoms with van der Waals surface area (Å²) in [5.41, 5.74) is 7.58. The van der Waals surface area contributed by atoms with E-state index >= 15 is 0 Å². The Labute approximate surface area is 174 Å². The summed E-state index contributed by atoms with van der Waals surface area (Å²) >= 11 is 0. The fraction of sp³-hybridized carbons (Fsp3) is 0.273. The molecule has 0 saturated heterocycles. The summed E-state index contributed by atoms with van der Waals surface area (Å²) in [6.45, 7) is 3.83. The molecule has 3 rings (SSSR count). The van der Waals surface area contributed by atoms with Crippen molar-refractivity contribution >= 4 is 23.4 Å². The summed E-state index contributed by atoms with van der Waals surface area (Å²) in [6, 6.07) is 15.1. The topological polar surface area (TPSA) is 100 Å². The lowest BCUT2D eigenvalue weighted by Crippen LogP contribution is -2.48. The molecule has 2 aromatic rings. The van der Waals surface area contributed by atoms with Gasteiger partial charge in [0.05, 0.1) is 6.54 Å². The quantitative estimate of drug-likeness (QED) is 0.714. The molecule has 0 bridgehead atoms. The Morgan fingerprint density at radius 2 is 1.70 bits per heavy atom. The van der Waals surface area contributed by atoms with Gasteiger partial charge in [-0.2, -0.15) is 5.10 Å². The third kappa shape index (κ3) is 5.44. The van der Waals surface area contributed by atoms with Crippen LogP contribution < -0.4 is 15.6 Å². The molecule has 0 fully saturated rings. The molecule has 1 aliphatic heterocycles. The minimum Gasteiger partial charge on any atom is -0.483 e. The first-order chi connectivity index (χ1) is 14.4. The first-order valence-electron chi connectivity index (χ1n) is 9.64. The number of amides is 3. The average molecular weight is 408 g/mol. The lowest BCUT2D eigenvalue weighted by molar-refractivity contribution is -0.132. The first-order valence-corrected chi connectivity index (χ1v) is 9.64. The van der Waals surface area contributed by atoms with Gasteiger partial charge >= 0.3 is 0 Å². The van der Waals surface area contributed by atoms with Crippen molar-refractivity contribution in [1.82, 2.24) is 15.9 Å². The van der Waals surface area contributed by atoms with Crippen LogP contribution in [0.5, 0.6) is 5.75 Å². The molecule has 1 aliphatic rings. The first kappa shape index (κ1) is 21.0. The SMILES string of the molecule is Cc1cccc(C)c1OCC(=O)NNC(=O)C1=NN(Cc2ccccc2)C(=O)CC1. The molecule has 156 valence electrons. The van der Waals surface area contributed by atoms with Crippen molar-refractivity contribution in [3.8, 4) is 5.75 Å². The Bertz CT molecular complexity index is 952. The fourth-order valence-electron chi connectivity index (χ4n) is 3.04. The number of ether oxygens (including phenoxy) is 1. The maximum atomic E-state index is 12.4. The van der Waals surface area contributed by atoms with Gasteiger partial charge in [0.2, 0.25) is 5.91 Å². The Morgan fingerprint density at radius 3 is 2.40 bits per heavy atom. The predicted molar refractivity (Wildman–Crippen MR) is 111 cm³/mol. The Morgan fingerprint density at radius 1 is 1.00 bits per heavy atom.